The minimum atomic E-state index is -0.313. The minimum Gasteiger partial charge on any atom is -0.469 e. The van der Waals surface area contributed by atoms with Crippen molar-refractivity contribution in [2.75, 3.05) is 20.7 Å². The molecule has 0 aliphatic carbocycles. The molecule has 1 rings (SSSR count). The number of hydrogen-bond acceptors (Lipinski definition) is 4. The lowest BCUT2D eigenvalue weighted by atomic mass is 10.1. The zero-order valence-electron chi connectivity index (χ0n) is 9.90. The molecule has 17 heavy (non-hydrogen) atoms. The highest BCUT2D eigenvalue weighted by Crippen LogP contribution is 2.18. The maximum absolute atomic E-state index is 12.0. The van der Waals surface area contributed by atoms with Crippen molar-refractivity contribution < 1.29 is 14.3 Å². The van der Waals surface area contributed by atoms with E-state index in [2.05, 4.69) is 27.3 Å². The van der Waals surface area contributed by atoms with Crippen LogP contribution < -0.4 is 0 Å². The van der Waals surface area contributed by atoms with Crippen molar-refractivity contribution in [3.05, 3.63) is 19.9 Å². The molecule has 0 aliphatic rings. The maximum Gasteiger partial charge on any atom is 0.310 e. The van der Waals surface area contributed by atoms with Gasteiger partial charge in [0.25, 0.3) is 5.91 Å². The molecule has 1 aromatic heterocycles. The summed E-state index contributed by atoms with van der Waals surface area (Å²) in [6.45, 7) is 2.10. The molecule has 6 heteroatoms. The number of rotatable bonds is 4. The Hall–Kier alpha value is -0.630. The van der Waals surface area contributed by atoms with Crippen molar-refractivity contribution in [2.45, 2.75) is 6.92 Å². The van der Waals surface area contributed by atoms with Crippen LogP contribution >= 0.6 is 33.9 Å². The normalized spacial score (nSPS) is 12.0. The van der Waals surface area contributed by atoms with Gasteiger partial charge in [-0.05, 0) is 28.7 Å². The van der Waals surface area contributed by atoms with E-state index in [1.807, 2.05) is 11.4 Å². The van der Waals surface area contributed by atoms with Crippen molar-refractivity contribution in [3.8, 4) is 0 Å². The molecule has 1 atom stereocenters. The molecular weight excluding hydrogens is 353 g/mol. The lowest BCUT2D eigenvalue weighted by molar-refractivity contribution is -0.145. The Kier molecular flexibility index (Phi) is 5.38. The van der Waals surface area contributed by atoms with Crippen LogP contribution in [0.15, 0.2) is 11.4 Å². The largest absolute Gasteiger partial charge is 0.469 e. The first-order valence-electron chi connectivity index (χ1n) is 5.03. The highest BCUT2D eigenvalue weighted by Gasteiger charge is 2.20. The van der Waals surface area contributed by atoms with Crippen molar-refractivity contribution in [1.29, 1.82) is 0 Å². The summed E-state index contributed by atoms with van der Waals surface area (Å²) in [6, 6.07) is 1.84. The lowest BCUT2D eigenvalue weighted by Crippen LogP contribution is -2.33. The van der Waals surface area contributed by atoms with Gasteiger partial charge in [0.05, 0.1) is 21.5 Å². The quantitative estimate of drug-likeness (QED) is 0.606. The Morgan fingerprint density at radius 2 is 2.24 bits per heavy atom. The summed E-state index contributed by atoms with van der Waals surface area (Å²) in [4.78, 5) is 24.8. The topological polar surface area (TPSA) is 46.6 Å². The second kappa shape index (κ2) is 6.34. The van der Waals surface area contributed by atoms with Crippen LogP contribution in [0.2, 0.25) is 0 Å². The average molecular weight is 367 g/mol. The van der Waals surface area contributed by atoms with E-state index in [-0.39, 0.29) is 17.8 Å². The van der Waals surface area contributed by atoms with E-state index >= 15 is 0 Å². The first-order valence-corrected chi connectivity index (χ1v) is 6.99. The molecule has 0 spiro atoms. The van der Waals surface area contributed by atoms with Gasteiger partial charge < -0.3 is 9.64 Å². The van der Waals surface area contributed by atoms with E-state index in [9.17, 15) is 9.59 Å². The fraction of sp³-hybridized carbons (Fsp3) is 0.455. The van der Waals surface area contributed by atoms with Crippen molar-refractivity contribution >= 4 is 45.8 Å². The Morgan fingerprint density at radius 1 is 1.59 bits per heavy atom. The fourth-order valence-electron chi connectivity index (χ4n) is 1.41. The number of halogens is 1. The van der Waals surface area contributed by atoms with E-state index < -0.39 is 0 Å². The van der Waals surface area contributed by atoms with Gasteiger partial charge in [-0.15, -0.1) is 11.3 Å². The van der Waals surface area contributed by atoms with E-state index in [4.69, 9.17) is 0 Å². The number of thiophene rings is 1. The van der Waals surface area contributed by atoms with Crippen LogP contribution in [0.3, 0.4) is 0 Å². The molecule has 0 aromatic carbocycles. The van der Waals surface area contributed by atoms with Crippen LogP contribution in [0.4, 0.5) is 0 Å². The van der Waals surface area contributed by atoms with Crippen LogP contribution in [0.25, 0.3) is 0 Å². The Morgan fingerprint density at radius 3 is 2.71 bits per heavy atom. The van der Waals surface area contributed by atoms with Gasteiger partial charge in [0, 0.05) is 19.0 Å². The van der Waals surface area contributed by atoms with Gasteiger partial charge in [-0.1, -0.05) is 6.92 Å². The molecule has 0 fully saturated rings. The third kappa shape index (κ3) is 3.95. The Labute approximate surface area is 118 Å². The summed E-state index contributed by atoms with van der Waals surface area (Å²) < 4.78 is 5.70. The van der Waals surface area contributed by atoms with Gasteiger partial charge in [0.1, 0.15) is 0 Å². The second-order valence-electron chi connectivity index (χ2n) is 3.75. The number of nitrogens with zero attached hydrogens (tertiary/aromatic N) is 1. The highest BCUT2D eigenvalue weighted by molar-refractivity contribution is 14.1. The van der Waals surface area contributed by atoms with Crippen LogP contribution in [0.5, 0.6) is 0 Å². The number of esters is 1. The van der Waals surface area contributed by atoms with Gasteiger partial charge in [0.15, 0.2) is 0 Å². The van der Waals surface area contributed by atoms with Gasteiger partial charge in [-0.25, -0.2) is 0 Å². The van der Waals surface area contributed by atoms with Crippen LogP contribution in [0.1, 0.15) is 17.3 Å². The zero-order valence-corrected chi connectivity index (χ0v) is 12.9. The summed E-state index contributed by atoms with van der Waals surface area (Å²) in [6.07, 6.45) is 0. The van der Waals surface area contributed by atoms with Crippen molar-refractivity contribution in [2.24, 2.45) is 5.92 Å². The van der Waals surface area contributed by atoms with Crippen LogP contribution in [0, 0.1) is 8.80 Å². The zero-order chi connectivity index (χ0) is 13.0. The Bertz CT molecular complexity index is 419. The Balaban J connectivity index is 2.62. The predicted molar refractivity (Wildman–Crippen MR) is 75.2 cm³/mol. The highest BCUT2D eigenvalue weighted by atomic mass is 127. The molecule has 0 radical (unpaired) electrons. The lowest BCUT2D eigenvalue weighted by Gasteiger charge is -2.19. The van der Waals surface area contributed by atoms with E-state index in [0.29, 0.717) is 12.1 Å². The molecule has 1 amide bonds. The maximum atomic E-state index is 12.0. The molecule has 0 bridgehead atoms. The van der Waals surface area contributed by atoms with Gasteiger partial charge >= 0.3 is 5.97 Å². The monoisotopic (exact) mass is 367 g/mol. The molecule has 1 aromatic rings. The smallest absolute Gasteiger partial charge is 0.310 e. The van der Waals surface area contributed by atoms with E-state index in [1.54, 1.807) is 18.9 Å². The first-order chi connectivity index (χ1) is 7.95. The number of methoxy groups -OCH3 is 1. The van der Waals surface area contributed by atoms with Crippen molar-refractivity contribution in [1.82, 2.24) is 4.90 Å². The molecule has 4 nitrogen and oxygen atoms in total. The SMILES string of the molecule is COC(=O)C(C)CN(C)C(=O)c1csc(I)c1. The third-order valence-corrected chi connectivity index (χ3v) is 4.10. The molecule has 0 N–H and O–H groups in total. The third-order valence-electron chi connectivity index (χ3n) is 2.31. The van der Waals surface area contributed by atoms with Gasteiger partial charge in [0.2, 0.25) is 0 Å². The molecule has 0 saturated heterocycles. The standard InChI is InChI=1S/C11H14INO3S/c1-7(11(15)16-3)5-13(2)10(14)8-4-9(12)17-6-8/h4,6-7H,5H2,1-3H3. The van der Waals surface area contributed by atoms with E-state index in [1.165, 1.54) is 18.4 Å². The molecular formula is C11H14INO3S. The van der Waals surface area contributed by atoms with Crippen LogP contribution in [-0.2, 0) is 9.53 Å². The molecule has 0 saturated carbocycles. The summed E-state index contributed by atoms with van der Waals surface area (Å²) in [5.41, 5.74) is 0.666. The summed E-state index contributed by atoms with van der Waals surface area (Å²) in [5.74, 6) is -0.684. The first kappa shape index (κ1) is 14.4. The summed E-state index contributed by atoms with van der Waals surface area (Å²) in [5, 5.41) is 1.82. The molecule has 94 valence electrons. The average Bonchev–Trinajstić information content (AvgIpc) is 2.73. The fourth-order valence-corrected chi connectivity index (χ4v) is 2.73. The molecule has 1 unspecified atom stereocenters. The summed E-state index contributed by atoms with van der Waals surface area (Å²) >= 11 is 3.70. The number of carbonyl (C=O) groups is 2. The predicted octanol–water partition coefficient (Wildman–Crippen LogP) is 2.23. The molecule has 0 aliphatic heterocycles. The van der Waals surface area contributed by atoms with Crippen LogP contribution in [-0.4, -0.2) is 37.5 Å². The second-order valence-corrected chi connectivity index (χ2v) is 6.55. The number of hydrogen-bond donors (Lipinski definition) is 0. The van der Waals surface area contributed by atoms with E-state index in [0.717, 1.165) is 2.88 Å². The van der Waals surface area contributed by atoms with Gasteiger partial charge in [-0.2, -0.15) is 0 Å². The number of carbonyl (C=O) groups excluding carboxylic acids is 2. The van der Waals surface area contributed by atoms with Crippen molar-refractivity contribution in [3.63, 3.8) is 0 Å². The summed E-state index contributed by atoms with van der Waals surface area (Å²) in [7, 11) is 3.04. The number of ether oxygens (including phenoxy) is 1. The number of amides is 1. The van der Waals surface area contributed by atoms with Gasteiger partial charge in [-0.3, -0.25) is 9.59 Å². The minimum absolute atomic E-state index is 0.0695. The molecule has 1 heterocycles.